The fraction of sp³-hybridized carbons (Fsp3) is 0.455. The molecule has 1 unspecified atom stereocenters. The molecule has 2 aliphatic rings. The largest absolute Gasteiger partial charge is 0.439 e. The Morgan fingerprint density at radius 3 is 3.18 bits per heavy atom. The van der Waals surface area contributed by atoms with Crippen molar-refractivity contribution in [3.63, 3.8) is 0 Å². The van der Waals surface area contributed by atoms with E-state index in [1.807, 2.05) is 18.2 Å². The maximum atomic E-state index is 8.60. The van der Waals surface area contributed by atoms with Crippen LogP contribution in [0.5, 0.6) is 0 Å². The zero-order valence-electron chi connectivity index (χ0n) is 9.50. The highest BCUT2D eigenvalue weighted by molar-refractivity contribution is 6.42. The SMILES string of the molecule is CO/N=C1/C(=N/OCCO)OC2=CC=CCC21. The van der Waals surface area contributed by atoms with Crippen molar-refractivity contribution in [2.24, 2.45) is 16.2 Å². The van der Waals surface area contributed by atoms with Crippen molar-refractivity contribution < 1.29 is 19.5 Å². The summed E-state index contributed by atoms with van der Waals surface area (Å²) in [6, 6.07) is 0. The van der Waals surface area contributed by atoms with Crippen LogP contribution in [0.2, 0.25) is 0 Å². The Morgan fingerprint density at radius 2 is 2.41 bits per heavy atom. The topological polar surface area (TPSA) is 72.6 Å². The Bertz CT molecular complexity index is 398. The normalized spacial score (nSPS) is 26.7. The predicted molar refractivity (Wildman–Crippen MR) is 61.3 cm³/mol. The second kappa shape index (κ2) is 5.49. The van der Waals surface area contributed by atoms with Crippen molar-refractivity contribution in [1.29, 1.82) is 0 Å². The van der Waals surface area contributed by atoms with E-state index < -0.39 is 0 Å². The van der Waals surface area contributed by atoms with Crippen molar-refractivity contribution in [2.45, 2.75) is 6.42 Å². The van der Waals surface area contributed by atoms with Crippen LogP contribution in [0.15, 0.2) is 34.3 Å². The molecule has 1 aliphatic heterocycles. The van der Waals surface area contributed by atoms with Gasteiger partial charge in [0, 0.05) is 0 Å². The summed E-state index contributed by atoms with van der Waals surface area (Å²) in [6.45, 7) is 0.0241. The Hall–Kier alpha value is -1.82. The molecule has 0 radical (unpaired) electrons. The number of hydrogen-bond acceptors (Lipinski definition) is 6. The molecule has 0 spiro atoms. The first-order valence-electron chi connectivity index (χ1n) is 5.33. The maximum Gasteiger partial charge on any atom is 0.281 e. The van der Waals surface area contributed by atoms with Gasteiger partial charge < -0.3 is 19.5 Å². The van der Waals surface area contributed by atoms with E-state index in [0.717, 1.165) is 12.2 Å². The number of fused-ring (bicyclic) bond motifs is 1. The zero-order chi connectivity index (χ0) is 12.1. The van der Waals surface area contributed by atoms with Crippen molar-refractivity contribution >= 4 is 11.6 Å². The molecule has 6 heteroatoms. The number of aliphatic hydroxyl groups is 1. The molecule has 0 aromatic rings. The highest BCUT2D eigenvalue weighted by atomic mass is 16.7. The van der Waals surface area contributed by atoms with E-state index in [9.17, 15) is 0 Å². The summed E-state index contributed by atoms with van der Waals surface area (Å²) in [7, 11) is 1.47. The van der Waals surface area contributed by atoms with Gasteiger partial charge in [-0.1, -0.05) is 17.3 Å². The quantitative estimate of drug-likeness (QED) is 0.581. The minimum Gasteiger partial charge on any atom is -0.439 e. The van der Waals surface area contributed by atoms with Gasteiger partial charge in [0.2, 0.25) is 0 Å². The van der Waals surface area contributed by atoms with Gasteiger partial charge in [0.1, 0.15) is 19.5 Å². The first kappa shape index (κ1) is 11.7. The number of aliphatic hydroxyl groups excluding tert-OH is 1. The van der Waals surface area contributed by atoms with E-state index in [4.69, 9.17) is 19.5 Å². The summed E-state index contributed by atoms with van der Waals surface area (Å²) in [4.78, 5) is 9.66. The summed E-state index contributed by atoms with van der Waals surface area (Å²) in [5, 5.41) is 16.3. The molecule has 0 aromatic carbocycles. The molecule has 1 heterocycles. The molecule has 0 bridgehead atoms. The second-order valence-corrected chi connectivity index (χ2v) is 3.50. The van der Waals surface area contributed by atoms with Gasteiger partial charge >= 0.3 is 0 Å². The van der Waals surface area contributed by atoms with E-state index in [0.29, 0.717) is 11.6 Å². The molecule has 1 saturated heterocycles. The molecule has 0 aromatic heterocycles. The molecule has 17 heavy (non-hydrogen) atoms. The van der Waals surface area contributed by atoms with Gasteiger partial charge in [0.25, 0.3) is 5.90 Å². The minimum atomic E-state index is -0.0960. The van der Waals surface area contributed by atoms with Gasteiger partial charge in [0.05, 0.1) is 12.5 Å². The van der Waals surface area contributed by atoms with E-state index >= 15 is 0 Å². The number of allylic oxidation sites excluding steroid dienone is 4. The van der Waals surface area contributed by atoms with Gasteiger partial charge in [-0.25, -0.2) is 0 Å². The van der Waals surface area contributed by atoms with E-state index in [2.05, 4.69) is 10.3 Å². The molecule has 0 saturated carbocycles. The number of nitrogens with zero attached hydrogens (tertiary/aromatic N) is 2. The highest BCUT2D eigenvalue weighted by Gasteiger charge is 2.37. The molecule has 0 amide bonds. The fourth-order valence-electron chi connectivity index (χ4n) is 1.69. The smallest absolute Gasteiger partial charge is 0.281 e. The number of oxime groups is 2. The van der Waals surface area contributed by atoms with Crippen LogP contribution in [0.25, 0.3) is 0 Å². The van der Waals surface area contributed by atoms with Crippen LogP contribution < -0.4 is 0 Å². The van der Waals surface area contributed by atoms with Crippen molar-refractivity contribution in [3.8, 4) is 0 Å². The second-order valence-electron chi connectivity index (χ2n) is 3.50. The van der Waals surface area contributed by atoms with Crippen molar-refractivity contribution in [1.82, 2.24) is 0 Å². The molecule has 1 aliphatic carbocycles. The van der Waals surface area contributed by atoms with Crippen LogP contribution in [0.1, 0.15) is 6.42 Å². The lowest BCUT2D eigenvalue weighted by molar-refractivity contribution is 0.0948. The first-order chi connectivity index (χ1) is 8.36. The molecule has 92 valence electrons. The van der Waals surface area contributed by atoms with Gasteiger partial charge in [-0.15, -0.1) is 0 Å². The lowest BCUT2D eigenvalue weighted by atomic mass is 9.96. The number of rotatable bonds is 4. The van der Waals surface area contributed by atoms with Gasteiger partial charge in [0.15, 0.2) is 5.71 Å². The number of ether oxygens (including phenoxy) is 1. The lowest BCUT2D eigenvalue weighted by Gasteiger charge is -2.08. The monoisotopic (exact) mass is 238 g/mol. The summed E-state index contributed by atoms with van der Waals surface area (Å²) in [6.07, 6.45) is 6.62. The average Bonchev–Trinajstić information content (AvgIpc) is 2.69. The lowest BCUT2D eigenvalue weighted by Crippen LogP contribution is -2.16. The number of hydrogen-bond donors (Lipinski definition) is 1. The molecular formula is C11H14N2O4. The summed E-state index contributed by atoms with van der Waals surface area (Å²) in [5.74, 6) is 1.12. The van der Waals surface area contributed by atoms with E-state index in [-0.39, 0.29) is 19.1 Å². The van der Waals surface area contributed by atoms with Crippen LogP contribution in [0, 0.1) is 5.92 Å². The average molecular weight is 238 g/mol. The molecular weight excluding hydrogens is 224 g/mol. The van der Waals surface area contributed by atoms with E-state index in [1.165, 1.54) is 7.11 Å². The highest BCUT2D eigenvalue weighted by Crippen LogP contribution is 2.30. The first-order valence-corrected chi connectivity index (χ1v) is 5.33. The standard InChI is InChI=1S/C11H14N2O4/c1-15-12-10-8-4-2-3-5-9(8)17-11(10)13-16-7-6-14/h2-3,5,8,14H,4,6-7H2,1H3/b12-10+,13-11-. The molecule has 6 nitrogen and oxygen atoms in total. The third kappa shape index (κ3) is 2.47. The van der Waals surface area contributed by atoms with E-state index in [1.54, 1.807) is 0 Å². The van der Waals surface area contributed by atoms with Crippen LogP contribution in [-0.2, 0) is 14.4 Å². The fourth-order valence-corrected chi connectivity index (χ4v) is 1.69. The molecule has 1 atom stereocenters. The minimum absolute atomic E-state index is 0.0384. The van der Waals surface area contributed by atoms with Gasteiger partial charge in [-0.2, -0.15) is 0 Å². The maximum absolute atomic E-state index is 8.60. The Morgan fingerprint density at radius 1 is 1.53 bits per heavy atom. The van der Waals surface area contributed by atoms with Crippen LogP contribution >= 0.6 is 0 Å². The van der Waals surface area contributed by atoms with Crippen LogP contribution in [-0.4, -0.2) is 37.0 Å². The van der Waals surface area contributed by atoms with Gasteiger partial charge in [-0.05, 0) is 17.7 Å². The zero-order valence-corrected chi connectivity index (χ0v) is 9.50. The third-order valence-electron chi connectivity index (χ3n) is 2.40. The molecule has 2 rings (SSSR count). The summed E-state index contributed by atoms with van der Waals surface area (Å²) in [5.41, 5.74) is 0.612. The third-order valence-corrected chi connectivity index (χ3v) is 2.40. The Kier molecular flexibility index (Phi) is 3.77. The molecule has 1 N–H and O–H groups in total. The Labute approximate surface area is 98.8 Å². The van der Waals surface area contributed by atoms with Crippen molar-refractivity contribution in [2.75, 3.05) is 20.3 Å². The van der Waals surface area contributed by atoms with Crippen LogP contribution in [0.3, 0.4) is 0 Å². The summed E-state index contributed by atoms with van der Waals surface area (Å²) >= 11 is 0. The predicted octanol–water partition coefficient (Wildman–Crippen LogP) is 0.801. The van der Waals surface area contributed by atoms with Gasteiger partial charge in [-0.3, -0.25) is 0 Å². The van der Waals surface area contributed by atoms with Crippen LogP contribution in [0.4, 0.5) is 0 Å². The Balaban J connectivity index is 2.17. The summed E-state index contributed by atoms with van der Waals surface area (Å²) < 4.78 is 5.52. The van der Waals surface area contributed by atoms with Crippen molar-refractivity contribution in [3.05, 3.63) is 24.0 Å². The molecule has 1 fully saturated rings.